The zero-order valence-corrected chi connectivity index (χ0v) is 25.4. The minimum absolute atomic E-state index is 0.809. The third kappa shape index (κ3) is 4.07. The van der Waals surface area contributed by atoms with E-state index in [0.29, 0.717) is 0 Å². The summed E-state index contributed by atoms with van der Waals surface area (Å²) in [7, 11) is 0. The predicted molar refractivity (Wildman–Crippen MR) is 196 cm³/mol. The summed E-state index contributed by atoms with van der Waals surface area (Å²) < 4.78 is 13.3. The van der Waals surface area contributed by atoms with Gasteiger partial charge in [-0.3, -0.25) is 0 Å². The van der Waals surface area contributed by atoms with Crippen molar-refractivity contribution in [1.82, 2.24) is 0 Å². The minimum atomic E-state index is 0.809. The summed E-state index contributed by atoms with van der Waals surface area (Å²) in [5.74, 6) is 0. The van der Waals surface area contributed by atoms with Gasteiger partial charge in [0.2, 0.25) is 0 Å². The molecule has 0 fully saturated rings. The van der Waals surface area contributed by atoms with Crippen molar-refractivity contribution in [3.05, 3.63) is 164 Å². The molecule has 47 heavy (non-hydrogen) atoms. The first-order valence-electron chi connectivity index (χ1n) is 15.9. The summed E-state index contributed by atoms with van der Waals surface area (Å²) >= 11 is 0. The van der Waals surface area contributed by atoms with E-state index in [9.17, 15) is 0 Å². The fourth-order valence-corrected chi connectivity index (χ4v) is 7.14. The van der Waals surface area contributed by atoms with Crippen molar-refractivity contribution in [3.63, 3.8) is 0 Å². The lowest BCUT2D eigenvalue weighted by molar-refractivity contribution is 0.663. The van der Waals surface area contributed by atoms with Gasteiger partial charge in [0.15, 0.2) is 5.58 Å². The third-order valence-electron chi connectivity index (χ3n) is 9.41. The van der Waals surface area contributed by atoms with E-state index >= 15 is 0 Å². The molecule has 0 atom stereocenters. The molecular formula is C44H27NO2. The van der Waals surface area contributed by atoms with Crippen LogP contribution in [0.2, 0.25) is 0 Å². The molecule has 0 saturated heterocycles. The van der Waals surface area contributed by atoms with E-state index in [1.165, 1.54) is 32.7 Å². The van der Waals surface area contributed by atoms with Crippen molar-refractivity contribution in [2.24, 2.45) is 0 Å². The maximum atomic E-state index is 6.72. The Kier molecular flexibility index (Phi) is 5.57. The Labute approximate surface area is 270 Å². The standard InChI is InChI=1S/C44H27NO2/c1-2-13-34(14-3-1)45(35-21-19-29(20-22-35)33-18-17-28-9-4-5-10-30(28)25-33)39-16-8-15-37-42-40(46-43(37)39)24-23-36-38-26-31-11-6-7-12-32(31)27-41(38)47-44(36)42/h1-27H. The summed E-state index contributed by atoms with van der Waals surface area (Å²) in [5, 5.41) is 9.09. The Morgan fingerprint density at radius 1 is 0.362 bits per heavy atom. The first-order chi connectivity index (χ1) is 23.3. The Bertz CT molecular complexity index is 2790. The molecule has 0 radical (unpaired) electrons. The van der Waals surface area contributed by atoms with Crippen molar-refractivity contribution in [2.75, 3.05) is 4.90 Å². The summed E-state index contributed by atoms with van der Waals surface area (Å²) in [6, 6.07) is 57.8. The van der Waals surface area contributed by atoms with Gasteiger partial charge in [-0.2, -0.15) is 0 Å². The minimum Gasteiger partial charge on any atom is -0.455 e. The van der Waals surface area contributed by atoms with E-state index < -0.39 is 0 Å². The largest absolute Gasteiger partial charge is 0.455 e. The molecule has 0 unspecified atom stereocenters. The van der Waals surface area contributed by atoms with E-state index in [1.54, 1.807) is 0 Å². The summed E-state index contributed by atoms with van der Waals surface area (Å²) in [5.41, 5.74) is 8.82. The number of furan rings is 2. The number of fused-ring (bicyclic) bond motifs is 9. The van der Waals surface area contributed by atoms with Crippen LogP contribution in [-0.4, -0.2) is 0 Å². The molecular weight excluding hydrogens is 574 g/mol. The van der Waals surface area contributed by atoms with E-state index in [2.05, 4.69) is 163 Å². The first-order valence-corrected chi connectivity index (χ1v) is 15.9. The summed E-state index contributed by atoms with van der Waals surface area (Å²) in [6.07, 6.45) is 0. The van der Waals surface area contributed by atoms with Gasteiger partial charge in [0.1, 0.15) is 16.7 Å². The summed E-state index contributed by atoms with van der Waals surface area (Å²) in [4.78, 5) is 2.28. The Hall–Kier alpha value is -6.32. The van der Waals surface area contributed by atoms with E-state index in [1.807, 2.05) is 6.07 Å². The van der Waals surface area contributed by atoms with Crippen LogP contribution in [0.5, 0.6) is 0 Å². The molecule has 8 aromatic carbocycles. The molecule has 0 N–H and O–H groups in total. The molecule has 10 rings (SSSR count). The molecule has 0 spiro atoms. The van der Waals surface area contributed by atoms with Crippen molar-refractivity contribution >= 4 is 82.5 Å². The summed E-state index contributed by atoms with van der Waals surface area (Å²) in [6.45, 7) is 0. The Morgan fingerprint density at radius 2 is 1.02 bits per heavy atom. The fraction of sp³-hybridized carbons (Fsp3) is 0. The fourth-order valence-electron chi connectivity index (χ4n) is 7.14. The zero-order chi connectivity index (χ0) is 30.9. The van der Waals surface area contributed by atoms with E-state index in [0.717, 1.165) is 60.9 Å². The molecule has 0 saturated carbocycles. The predicted octanol–water partition coefficient (Wildman–Crippen LogP) is 12.9. The molecule has 220 valence electrons. The quantitative estimate of drug-likeness (QED) is 0.201. The molecule has 0 aliphatic heterocycles. The van der Waals surface area contributed by atoms with Gasteiger partial charge in [-0.1, -0.05) is 103 Å². The highest BCUT2D eigenvalue weighted by atomic mass is 16.3. The molecule has 3 heteroatoms. The second kappa shape index (κ2) is 10.1. The van der Waals surface area contributed by atoms with Crippen molar-refractivity contribution in [2.45, 2.75) is 0 Å². The number of nitrogens with zero attached hydrogens (tertiary/aromatic N) is 1. The third-order valence-corrected chi connectivity index (χ3v) is 9.41. The normalized spacial score (nSPS) is 11.8. The van der Waals surface area contributed by atoms with Crippen LogP contribution < -0.4 is 4.90 Å². The molecule has 2 heterocycles. The highest BCUT2D eigenvalue weighted by Gasteiger charge is 2.22. The second-order valence-electron chi connectivity index (χ2n) is 12.1. The van der Waals surface area contributed by atoms with Gasteiger partial charge >= 0.3 is 0 Å². The lowest BCUT2D eigenvalue weighted by Crippen LogP contribution is -2.10. The molecule has 10 aromatic rings. The monoisotopic (exact) mass is 601 g/mol. The Balaban J connectivity index is 1.15. The Morgan fingerprint density at radius 3 is 1.83 bits per heavy atom. The highest BCUT2D eigenvalue weighted by molar-refractivity contribution is 6.24. The van der Waals surface area contributed by atoms with Crippen LogP contribution in [0.25, 0.3) is 76.5 Å². The number of benzene rings is 8. The maximum absolute atomic E-state index is 6.72. The average molecular weight is 602 g/mol. The zero-order valence-electron chi connectivity index (χ0n) is 25.4. The SMILES string of the molecule is c1ccc(N(c2ccc(-c3ccc4ccccc4c3)cc2)c2cccc3c2oc2ccc4c5cc6ccccc6cc5oc4c23)cc1. The lowest BCUT2D eigenvalue weighted by atomic mass is 10.0. The van der Waals surface area contributed by atoms with Crippen LogP contribution in [0.4, 0.5) is 17.1 Å². The van der Waals surface area contributed by atoms with E-state index in [-0.39, 0.29) is 0 Å². The lowest BCUT2D eigenvalue weighted by Gasteiger charge is -2.25. The van der Waals surface area contributed by atoms with Crippen molar-refractivity contribution in [1.29, 1.82) is 0 Å². The molecule has 0 amide bonds. The molecule has 0 bridgehead atoms. The van der Waals surface area contributed by atoms with Crippen LogP contribution in [0, 0.1) is 0 Å². The van der Waals surface area contributed by atoms with Gasteiger partial charge in [0, 0.05) is 27.5 Å². The number of anilines is 3. The van der Waals surface area contributed by atoms with Gasteiger partial charge in [0.25, 0.3) is 0 Å². The molecule has 0 aliphatic carbocycles. The van der Waals surface area contributed by atoms with Crippen molar-refractivity contribution in [3.8, 4) is 11.1 Å². The van der Waals surface area contributed by atoms with Crippen LogP contribution in [-0.2, 0) is 0 Å². The van der Waals surface area contributed by atoms with Gasteiger partial charge in [0.05, 0.1) is 11.1 Å². The number of hydrogen-bond acceptors (Lipinski definition) is 3. The molecule has 2 aromatic heterocycles. The number of hydrogen-bond donors (Lipinski definition) is 0. The topological polar surface area (TPSA) is 29.5 Å². The van der Waals surface area contributed by atoms with Crippen LogP contribution in [0.3, 0.4) is 0 Å². The van der Waals surface area contributed by atoms with Crippen LogP contribution >= 0.6 is 0 Å². The van der Waals surface area contributed by atoms with Crippen molar-refractivity contribution < 1.29 is 8.83 Å². The van der Waals surface area contributed by atoms with Gasteiger partial charge in [-0.15, -0.1) is 0 Å². The highest BCUT2D eigenvalue weighted by Crippen LogP contribution is 2.45. The smallest absolute Gasteiger partial charge is 0.159 e. The molecule has 0 aliphatic rings. The first kappa shape index (κ1) is 26.0. The van der Waals surface area contributed by atoms with Crippen LogP contribution in [0.1, 0.15) is 0 Å². The molecule has 3 nitrogen and oxygen atoms in total. The average Bonchev–Trinajstić information content (AvgIpc) is 3.69. The number of para-hydroxylation sites is 2. The van der Waals surface area contributed by atoms with Gasteiger partial charge < -0.3 is 13.7 Å². The van der Waals surface area contributed by atoms with E-state index in [4.69, 9.17) is 8.83 Å². The van der Waals surface area contributed by atoms with Gasteiger partial charge in [-0.25, -0.2) is 0 Å². The second-order valence-corrected chi connectivity index (χ2v) is 12.1. The number of rotatable bonds is 4. The maximum Gasteiger partial charge on any atom is 0.159 e. The van der Waals surface area contributed by atoms with Gasteiger partial charge in [-0.05, 0) is 93.3 Å². The van der Waals surface area contributed by atoms with Crippen LogP contribution in [0.15, 0.2) is 173 Å².